The molecule has 2 N–H and O–H groups in total. The lowest BCUT2D eigenvalue weighted by Crippen LogP contribution is -2.35. The third kappa shape index (κ3) is 3.72. The number of aromatic nitrogens is 1. The van der Waals surface area contributed by atoms with Gasteiger partial charge in [0.25, 0.3) is 5.91 Å². The molecule has 1 heterocycles. The molecule has 21 heavy (non-hydrogen) atoms. The van der Waals surface area contributed by atoms with E-state index < -0.39 is 5.91 Å². The average Bonchev–Trinajstić information content (AvgIpc) is 2.52. The minimum absolute atomic E-state index is 0.421. The van der Waals surface area contributed by atoms with Crippen LogP contribution in [0.4, 0.5) is 0 Å². The van der Waals surface area contributed by atoms with E-state index in [9.17, 15) is 4.79 Å². The maximum absolute atomic E-state index is 11.2. The van der Waals surface area contributed by atoms with Crippen LogP contribution in [0.2, 0.25) is 0 Å². The van der Waals surface area contributed by atoms with E-state index in [2.05, 4.69) is 0 Å². The van der Waals surface area contributed by atoms with E-state index in [4.69, 9.17) is 15.2 Å². The second-order valence-corrected chi connectivity index (χ2v) is 4.63. The molecule has 0 bridgehead atoms. The van der Waals surface area contributed by atoms with Crippen LogP contribution in [0.25, 0.3) is 0 Å². The first-order valence-corrected chi connectivity index (χ1v) is 6.64. The number of primary amides is 1. The summed E-state index contributed by atoms with van der Waals surface area (Å²) in [6.07, 6.45) is 4.48. The molecule has 1 aromatic heterocycles. The highest BCUT2D eigenvalue weighted by Crippen LogP contribution is 2.27. The number of pyridine rings is 1. The number of carbonyl (C=O) groups is 1. The zero-order chi connectivity index (χ0) is 15.2. The van der Waals surface area contributed by atoms with Gasteiger partial charge >= 0.3 is 0 Å². The molecule has 0 fully saturated rings. The van der Waals surface area contributed by atoms with Crippen LogP contribution < -0.4 is 19.8 Å². The van der Waals surface area contributed by atoms with Gasteiger partial charge in [-0.2, -0.15) is 0 Å². The van der Waals surface area contributed by atoms with Gasteiger partial charge in [-0.3, -0.25) is 4.79 Å². The molecule has 0 saturated carbocycles. The summed E-state index contributed by atoms with van der Waals surface area (Å²) in [4.78, 5) is 11.2. The molecule has 2 aromatic rings. The van der Waals surface area contributed by atoms with Gasteiger partial charge in [0.2, 0.25) is 0 Å². The zero-order valence-electron chi connectivity index (χ0n) is 12.2. The third-order valence-corrected chi connectivity index (χ3v) is 3.25. The standard InChI is InChI=1S/C16H18N2O3/c1-20-14-6-5-12(10-15(14)21-2)7-9-18-8-3-4-13(11-18)16(17)19/h3-6,8,10-11H,7,9H2,1-2H3,(H-,17,19)/p+1. The number of nitrogens with zero attached hydrogens (tertiary/aromatic N) is 1. The Morgan fingerprint density at radius 1 is 1.19 bits per heavy atom. The normalized spacial score (nSPS) is 10.2. The molecule has 0 unspecified atom stereocenters. The summed E-state index contributed by atoms with van der Waals surface area (Å²) in [6.45, 7) is 0.747. The fourth-order valence-electron chi connectivity index (χ4n) is 2.10. The molecule has 0 aliphatic heterocycles. The van der Waals surface area contributed by atoms with Crippen LogP contribution in [-0.4, -0.2) is 20.1 Å². The second-order valence-electron chi connectivity index (χ2n) is 4.63. The average molecular weight is 287 g/mol. The van der Waals surface area contributed by atoms with Crippen LogP contribution in [0.15, 0.2) is 42.7 Å². The van der Waals surface area contributed by atoms with Crippen molar-refractivity contribution in [3.8, 4) is 11.5 Å². The van der Waals surface area contributed by atoms with E-state index in [0.29, 0.717) is 17.1 Å². The van der Waals surface area contributed by atoms with Crippen molar-refractivity contribution < 1.29 is 18.8 Å². The largest absolute Gasteiger partial charge is 0.493 e. The van der Waals surface area contributed by atoms with Crippen LogP contribution in [-0.2, 0) is 13.0 Å². The Kier molecular flexibility index (Phi) is 4.77. The smallest absolute Gasteiger partial charge is 0.254 e. The van der Waals surface area contributed by atoms with Crippen LogP contribution in [0.3, 0.4) is 0 Å². The third-order valence-electron chi connectivity index (χ3n) is 3.25. The summed E-state index contributed by atoms with van der Waals surface area (Å²) in [5.74, 6) is 1.01. The number of hydrogen-bond acceptors (Lipinski definition) is 3. The van der Waals surface area contributed by atoms with Gasteiger partial charge in [-0.15, -0.1) is 0 Å². The van der Waals surface area contributed by atoms with Gasteiger partial charge in [-0.05, 0) is 23.8 Å². The molecule has 110 valence electrons. The first kappa shape index (κ1) is 14.8. The lowest BCUT2D eigenvalue weighted by atomic mass is 10.1. The van der Waals surface area contributed by atoms with Crippen LogP contribution in [0.1, 0.15) is 15.9 Å². The molecule has 0 atom stereocenters. The highest BCUT2D eigenvalue weighted by Gasteiger charge is 2.09. The summed E-state index contributed by atoms with van der Waals surface area (Å²) < 4.78 is 12.4. The van der Waals surface area contributed by atoms with Gasteiger partial charge in [0.05, 0.1) is 14.2 Å². The molecule has 0 radical (unpaired) electrons. The van der Waals surface area contributed by atoms with Crippen LogP contribution in [0, 0.1) is 0 Å². The fraction of sp³-hybridized carbons (Fsp3) is 0.250. The van der Waals surface area contributed by atoms with E-state index in [1.807, 2.05) is 35.0 Å². The molecular weight excluding hydrogens is 268 g/mol. The van der Waals surface area contributed by atoms with Crippen molar-refractivity contribution in [2.75, 3.05) is 14.2 Å². The number of ether oxygens (including phenoxy) is 2. The van der Waals surface area contributed by atoms with Crippen molar-refractivity contribution in [3.05, 3.63) is 53.9 Å². The zero-order valence-corrected chi connectivity index (χ0v) is 12.2. The number of benzene rings is 1. The Balaban J connectivity index is 2.09. The summed E-state index contributed by atoms with van der Waals surface area (Å²) in [5, 5.41) is 0. The van der Waals surface area contributed by atoms with Gasteiger partial charge in [0.15, 0.2) is 30.4 Å². The molecule has 0 aliphatic rings. The molecule has 0 aliphatic carbocycles. The molecule has 5 heteroatoms. The number of aryl methyl sites for hydroxylation is 2. The van der Waals surface area contributed by atoms with Gasteiger partial charge in [-0.25, -0.2) is 4.57 Å². The minimum Gasteiger partial charge on any atom is -0.493 e. The Labute approximate surface area is 123 Å². The van der Waals surface area contributed by atoms with Crippen molar-refractivity contribution in [1.82, 2.24) is 0 Å². The molecule has 2 rings (SSSR count). The predicted molar refractivity (Wildman–Crippen MR) is 78.4 cm³/mol. The number of nitrogens with two attached hydrogens (primary N) is 1. The molecule has 0 spiro atoms. The Hall–Kier alpha value is -2.56. The van der Waals surface area contributed by atoms with Crippen molar-refractivity contribution in [1.29, 1.82) is 0 Å². The Morgan fingerprint density at radius 3 is 2.62 bits per heavy atom. The van der Waals surface area contributed by atoms with Crippen molar-refractivity contribution in [2.24, 2.45) is 5.73 Å². The Bertz CT molecular complexity index is 641. The topological polar surface area (TPSA) is 65.4 Å². The lowest BCUT2D eigenvalue weighted by molar-refractivity contribution is -0.696. The molecular formula is C16H19N2O3+. The summed E-state index contributed by atoms with van der Waals surface area (Å²) in [5.41, 5.74) is 6.91. The predicted octanol–water partition coefficient (Wildman–Crippen LogP) is 1.33. The van der Waals surface area contributed by atoms with E-state index in [1.165, 1.54) is 0 Å². The van der Waals surface area contributed by atoms with Gasteiger partial charge in [0.1, 0.15) is 5.56 Å². The highest BCUT2D eigenvalue weighted by molar-refractivity contribution is 5.92. The van der Waals surface area contributed by atoms with Crippen LogP contribution in [0.5, 0.6) is 11.5 Å². The van der Waals surface area contributed by atoms with Crippen molar-refractivity contribution >= 4 is 5.91 Å². The molecule has 5 nitrogen and oxygen atoms in total. The fourth-order valence-corrected chi connectivity index (χ4v) is 2.10. The molecule has 1 amide bonds. The number of amides is 1. The number of rotatable bonds is 6. The van der Waals surface area contributed by atoms with Gasteiger partial charge in [-0.1, -0.05) is 6.07 Å². The first-order valence-electron chi connectivity index (χ1n) is 6.64. The maximum atomic E-state index is 11.2. The number of carbonyl (C=O) groups excluding carboxylic acids is 1. The van der Waals surface area contributed by atoms with Gasteiger partial charge < -0.3 is 15.2 Å². The van der Waals surface area contributed by atoms with E-state index in [0.717, 1.165) is 18.5 Å². The lowest BCUT2D eigenvalue weighted by Gasteiger charge is -2.08. The SMILES string of the molecule is COc1ccc(CC[n+]2cccc(C(N)=O)c2)cc1OC. The summed E-state index contributed by atoms with van der Waals surface area (Å²) >= 11 is 0. The van der Waals surface area contributed by atoms with Gasteiger partial charge in [0, 0.05) is 12.5 Å². The highest BCUT2D eigenvalue weighted by atomic mass is 16.5. The first-order chi connectivity index (χ1) is 10.1. The number of hydrogen-bond donors (Lipinski definition) is 1. The number of methoxy groups -OCH3 is 2. The monoisotopic (exact) mass is 287 g/mol. The van der Waals surface area contributed by atoms with E-state index in [-0.39, 0.29) is 0 Å². The summed E-state index contributed by atoms with van der Waals surface area (Å²) in [7, 11) is 3.23. The Morgan fingerprint density at radius 2 is 1.95 bits per heavy atom. The van der Waals surface area contributed by atoms with E-state index in [1.54, 1.807) is 26.5 Å². The second kappa shape index (κ2) is 6.74. The van der Waals surface area contributed by atoms with Crippen molar-refractivity contribution in [3.63, 3.8) is 0 Å². The van der Waals surface area contributed by atoms with Crippen LogP contribution >= 0.6 is 0 Å². The molecule has 1 aromatic carbocycles. The van der Waals surface area contributed by atoms with Crippen molar-refractivity contribution in [2.45, 2.75) is 13.0 Å². The summed E-state index contributed by atoms with van der Waals surface area (Å²) in [6, 6.07) is 9.36. The maximum Gasteiger partial charge on any atom is 0.254 e. The minimum atomic E-state index is -0.421. The molecule has 0 saturated heterocycles. The van der Waals surface area contributed by atoms with E-state index >= 15 is 0 Å². The quantitative estimate of drug-likeness (QED) is 0.815.